The molecule has 0 aromatic heterocycles. The Kier molecular flexibility index (Phi) is 6.25. The molecule has 0 aliphatic rings. The number of carbonyl (C=O) groups is 2. The average molecular weight is 439 g/mol. The lowest BCUT2D eigenvalue weighted by molar-refractivity contribution is -0.124. The van der Waals surface area contributed by atoms with Gasteiger partial charge in [0.05, 0.1) is 11.5 Å². The van der Waals surface area contributed by atoms with E-state index in [2.05, 4.69) is 43.8 Å². The third-order valence-corrected chi connectivity index (χ3v) is 4.11. The highest BCUT2D eigenvalue weighted by Crippen LogP contribution is 2.21. The van der Waals surface area contributed by atoms with Crippen molar-refractivity contribution >= 4 is 50.3 Å². The highest BCUT2D eigenvalue weighted by Gasteiger charge is 2.20. The van der Waals surface area contributed by atoms with Gasteiger partial charge in [0.15, 0.2) is 0 Å². The van der Waals surface area contributed by atoms with Crippen LogP contribution >= 0.6 is 38.5 Å². The van der Waals surface area contributed by atoms with E-state index in [0.717, 1.165) is 8.04 Å². The van der Waals surface area contributed by atoms with Gasteiger partial charge in [-0.05, 0) is 56.7 Å². The topological polar surface area (TPSA) is 49.4 Å². The Morgan fingerprint density at radius 2 is 2.11 bits per heavy atom. The van der Waals surface area contributed by atoms with Crippen molar-refractivity contribution in [2.75, 3.05) is 20.6 Å². The van der Waals surface area contributed by atoms with Crippen LogP contribution in [0.25, 0.3) is 0 Å². The van der Waals surface area contributed by atoms with Crippen LogP contribution in [-0.2, 0) is 4.79 Å². The van der Waals surface area contributed by atoms with Crippen LogP contribution in [0.2, 0.25) is 0 Å². The molecule has 104 valence electrons. The smallest absolute Gasteiger partial charge is 0.254 e. The van der Waals surface area contributed by atoms with Crippen LogP contribution in [0.3, 0.4) is 0 Å². The molecular formula is C13H16BrIN2O2. The number of benzene rings is 1. The Hall–Kier alpha value is -0.630. The van der Waals surface area contributed by atoms with E-state index < -0.39 is 0 Å². The molecule has 0 spiro atoms. The van der Waals surface area contributed by atoms with Crippen molar-refractivity contribution < 1.29 is 9.59 Å². The van der Waals surface area contributed by atoms with Crippen LogP contribution in [-0.4, -0.2) is 37.4 Å². The first-order chi connectivity index (χ1) is 8.86. The van der Waals surface area contributed by atoms with Gasteiger partial charge in [0, 0.05) is 28.7 Å². The van der Waals surface area contributed by atoms with Gasteiger partial charge >= 0.3 is 0 Å². The molecule has 0 saturated carbocycles. The molecule has 0 aliphatic carbocycles. The van der Waals surface area contributed by atoms with Crippen LogP contribution in [0.4, 0.5) is 0 Å². The van der Waals surface area contributed by atoms with Crippen molar-refractivity contribution in [3.05, 3.63) is 31.8 Å². The SMILES string of the molecule is CNC(=O)C(C)CN(C)C(=O)c1cc(I)ccc1Br. The maximum absolute atomic E-state index is 12.3. The van der Waals surface area contributed by atoms with Gasteiger partial charge in [-0.25, -0.2) is 0 Å². The highest BCUT2D eigenvalue weighted by atomic mass is 127. The maximum atomic E-state index is 12.3. The highest BCUT2D eigenvalue weighted by molar-refractivity contribution is 14.1. The third-order valence-electron chi connectivity index (χ3n) is 2.75. The summed E-state index contributed by atoms with van der Waals surface area (Å²) in [5.74, 6) is -0.400. The van der Waals surface area contributed by atoms with Gasteiger partial charge < -0.3 is 10.2 Å². The van der Waals surface area contributed by atoms with Crippen molar-refractivity contribution in [1.29, 1.82) is 0 Å². The standard InChI is InChI=1S/C13H16BrIN2O2/c1-8(12(18)16-2)7-17(3)13(19)10-6-9(15)4-5-11(10)14/h4-6,8H,7H2,1-3H3,(H,16,18). The van der Waals surface area contributed by atoms with Crippen molar-refractivity contribution in [3.63, 3.8) is 0 Å². The number of nitrogens with zero attached hydrogens (tertiary/aromatic N) is 1. The Bertz CT molecular complexity index is 494. The second-order valence-electron chi connectivity index (χ2n) is 4.33. The van der Waals surface area contributed by atoms with E-state index in [1.807, 2.05) is 18.2 Å². The molecule has 1 rings (SSSR count). The number of hydrogen-bond acceptors (Lipinski definition) is 2. The maximum Gasteiger partial charge on any atom is 0.254 e. The number of nitrogens with one attached hydrogen (secondary N) is 1. The van der Waals surface area contributed by atoms with Gasteiger partial charge in [-0.1, -0.05) is 6.92 Å². The first-order valence-corrected chi connectivity index (χ1v) is 7.66. The van der Waals surface area contributed by atoms with Gasteiger partial charge in [-0.3, -0.25) is 9.59 Å². The molecule has 0 radical (unpaired) electrons. The largest absolute Gasteiger partial charge is 0.359 e. The van der Waals surface area contributed by atoms with Crippen LogP contribution < -0.4 is 5.32 Å². The number of rotatable bonds is 4. The Balaban J connectivity index is 2.82. The van der Waals surface area contributed by atoms with Gasteiger partial charge in [0.2, 0.25) is 5.91 Å². The summed E-state index contributed by atoms with van der Waals surface area (Å²) in [6.07, 6.45) is 0. The van der Waals surface area contributed by atoms with E-state index in [1.165, 1.54) is 0 Å². The summed E-state index contributed by atoms with van der Waals surface area (Å²) in [6, 6.07) is 5.60. The monoisotopic (exact) mass is 438 g/mol. The Labute approximate surface area is 135 Å². The molecule has 1 atom stereocenters. The van der Waals surface area contributed by atoms with E-state index in [4.69, 9.17) is 0 Å². The van der Waals surface area contributed by atoms with Crippen LogP contribution in [0, 0.1) is 9.49 Å². The summed E-state index contributed by atoms with van der Waals surface area (Å²) >= 11 is 5.54. The molecule has 19 heavy (non-hydrogen) atoms. The number of hydrogen-bond donors (Lipinski definition) is 1. The number of amides is 2. The molecule has 1 aromatic carbocycles. The summed E-state index contributed by atoms with van der Waals surface area (Å²) in [7, 11) is 3.30. The lowest BCUT2D eigenvalue weighted by Gasteiger charge is -2.21. The van der Waals surface area contributed by atoms with E-state index in [0.29, 0.717) is 12.1 Å². The fourth-order valence-electron chi connectivity index (χ4n) is 1.69. The molecule has 2 amide bonds. The molecule has 0 heterocycles. The van der Waals surface area contributed by atoms with E-state index in [-0.39, 0.29) is 17.7 Å². The molecule has 6 heteroatoms. The predicted molar refractivity (Wildman–Crippen MR) is 87.1 cm³/mol. The minimum absolute atomic E-state index is 0.0682. The Morgan fingerprint density at radius 1 is 1.47 bits per heavy atom. The van der Waals surface area contributed by atoms with E-state index >= 15 is 0 Å². The molecule has 1 aromatic rings. The summed E-state index contributed by atoms with van der Waals surface area (Å²) in [4.78, 5) is 25.4. The summed E-state index contributed by atoms with van der Waals surface area (Å²) in [5.41, 5.74) is 0.610. The van der Waals surface area contributed by atoms with Gasteiger partial charge in [-0.15, -0.1) is 0 Å². The molecular weight excluding hydrogens is 423 g/mol. The Morgan fingerprint density at radius 3 is 2.68 bits per heavy atom. The van der Waals surface area contributed by atoms with Crippen molar-refractivity contribution in [2.45, 2.75) is 6.92 Å². The average Bonchev–Trinajstić information content (AvgIpc) is 2.39. The quantitative estimate of drug-likeness (QED) is 0.734. The first kappa shape index (κ1) is 16.4. The lowest BCUT2D eigenvalue weighted by Crippen LogP contribution is -2.37. The van der Waals surface area contributed by atoms with Gasteiger partial charge in [0.1, 0.15) is 0 Å². The van der Waals surface area contributed by atoms with Gasteiger partial charge in [-0.2, -0.15) is 0 Å². The minimum Gasteiger partial charge on any atom is -0.359 e. The van der Waals surface area contributed by atoms with Gasteiger partial charge in [0.25, 0.3) is 5.91 Å². The first-order valence-electron chi connectivity index (χ1n) is 5.79. The molecule has 0 fully saturated rings. The summed E-state index contributed by atoms with van der Waals surface area (Å²) in [5, 5.41) is 2.58. The zero-order valence-electron chi connectivity index (χ0n) is 11.0. The predicted octanol–water partition coefficient (Wildman–Crippen LogP) is 2.51. The summed E-state index contributed by atoms with van der Waals surface area (Å²) < 4.78 is 1.76. The molecule has 0 bridgehead atoms. The normalized spacial score (nSPS) is 11.8. The zero-order valence-corrected chi connectivity index (χ0v) is 14.8. The molecule has 1 unspecified atom stereocenters. The van der Waals surface area contributed by atoms with Crippen molar-refractivity contribution in [3.8, 4) is 0 Å². The fraction of sp³-hybridized carbons (Fsp3) is 0.385. The van der Waals surface area contributed by atoms with Crippen molar-refractivity contribution in [2.24, 2.45) is 5.92 Å². The number of halogens is 2. The van der Waals surface area contributed by atoms with E-state index in [9.17, 15) is 9.59 Å². The molecule has 0 saturated heterocycles. The molecule has 4 nitrogen and oxygen atoms in total. The van der Waals surface area contributed by atoms with Crippen molar-refractivity contribution in [1.82, 2.24) is 10.2 Å². The number of carbonyl (C=O) groups excluding carboxylic acids is 2. The van der Waals surface area contributed by atoms with Crippen LogP contribution in [0.1, 0.15) is 17.3 Å². The molecule has 0 aliphatic heterocycles. The second kappa shape index (κ2) is 7.23. The van der Waals surface area contributed by atoms with Crippen LogP contribution in [0.15, 0.2) is 22.7 Å². The second-order valence-corrected chi connectivity index (χ2v) is 6.43. The third kappa shape index (κ3) is 4.45. The summed E-state index contributed by atoms with van der Waals surface area (Å²) in [6.45, 7) is 2.18. The van der Waals surface area contributed by atoms with E-state index in [1.54, 1.807) is 25.9 Å². The van der Waals surface area contributed by atoms with Crippen LogP contribution in [0.5, 0.6) is 0 Å². The fourth-order valence-corrected chi connectivity index (χ4v) is 2.60. The molecule has 1 N–H and O–H groups in total. The minimum atomic E-state index is -0.236. The lowest BCUT2D eigenvalue weighted by atomic mass is 10.1. The zero-order chi connectivity index (χ0) is 14.6.